The van der Waals surface area contributed by atoms with Gasteiger partial charge in [0.15, 0.2) is 11.5 Å². The highest BCUT2D eigenvalue weighted by Crippen LogP contribution is 2.25. The van der Waals surface area contributed by atoms with Crippen LogP contribution in [-0.2, 0) is 12.0 Å². The fourth-order valence-corrected chi connectivity index (χ4v) is 3.28. The summed E-state index contributed by atoms with van der Waals surface area (Å²) in [5, 5.41) is 13.3. The predicted octanol–water partition coefficient (Wildman–Crippen LogP) is 1.54. The minimum absolute atomic E-state index is 0.110. The van der Waals surface area contributed by atoms with Gasteiger partial charge in [-0.15, -0.1) is 15.3 Å². The number of hydrogen-bond donors (Lipinski definition) is 0. The largest absolute Gasteiger partial charge is 0.467 e. The lowest BCUT2D eigenvalue weighted by Crippen LogP contribution is -2.58. The second kappa shape index (κ2) is 6.97. The maximum absolute atomic E-state index is 5.10. The van der Waals surface area contributed by atoms with Crippen molar-refractivity contribution in [2.75, 3.05) is 32.1 Å². The Bertz CT molecular complexity index is 973. The first-order chi connectivity index (χ1) is 13.3. The van der Waals surface area contributed by atoms with Gasteiger partial charge in [0.2, 0.25) is 0 Å². The van der Waals surface area contributed by atoms with Crippen molar-refractivity contribution in [3.05, 3.63) is 35.9 Å². The van der Waals surface area contributed by atoms with Gasteiger partial charge in [0, 0.05) is 37.3 Å². The van der Waals surface area contributed by atoms with Crippen molar-refractivity contribution in [1.29, 1.82) is 0 Å². The molecule has 0 bridgehead atoms. The number of anilines is 1. The smallest absolute Gasteiger partial charge is 0.316 e. The van der Waals surface area contributed by atoms with Crippen LogP contribution in [0.5, 0.6) is 6.01 Å². The first kappa shape index (κ1) is 18.5. The summed E-state index contributed by atoms with van der Waals surface area (Å²) in [4.78, 5) is 13.0. The molecule has 0 aromatic carbocycles. The number of likely N-dealkylation sites (N-methyl/N-ethyl adjacent to an activating group) is 1. The van der Waals surface area contributed by atoms with E-state index in [2.05, 4.69) is 57.8 Å². The van der Waals surface area contributed by atoms with Crippen molar-refractivity contribution in [2.45, 2.75) is 38.8 Å². The van der Waals surface area contributed by atoms with E-state index >= 15 is 0 Å². The lowest BCUT2D eigenvalue weighted by Gasteiger charge is -2.44. The molecule has 1 saturated heterocycles. The van der Waals surface area contributed by atoms with Crippen LogP contribution < -0.4 is 9.64 Å². The van der Waals surface area contributed by atoms with E-state index in [9.17, 15) is 0 Å². The summed E-state index contributed by atoms with van der Waals surface area (Å²) < 4.78 is 6.96. The number of aromatic nitrogens is 6. The lowest BCUT2D eigenvalue weighted by atomic mass is 9.96. The molecule has 0 radical (unpaired) electrons. The summed E-state index contributed by atoms with van der Waals surface area (Å²) in [6, 6.07) is 6.77. The Hall–Kier alpha value is -2.81. The average molecular weight is 382 g/mol. The van der Waals surface area contributed by atoms with Gasteiger partial charge in [0.05, 0.1) is 12.8 Å². The maximum Gasteiger partial charge on any atom is 0.316 e. The molecule has 9 nitrogen and oxygen atoms in total. The van der Waals surface area contributed by atoms with E-state index in [0.29, 0.717) is 12.1 Å². The van der Waals surface area contributed by atoms with Gasteiger partial charge < -0.3 is 9.64 Å². The van der Waals surface area contributed by atoms with Crippen LogP contribution in [0.2, 0.25) is 0 Å². The number of methoxy groups -OCH3 is 1. The monoisotopic (exact) mass is 382 g/mol. The first-order valence-corrected chi connectivity index (χ1v) is 9.39. The Balaban J connectivity index is 1.43. The molecule has 0 unspecified atom stereocenters. The normalized spacial score (nSPS) is 15.3. The average Bonchev–Trinajstić information content (AvgIpc) is 3.04. The third-order valence-electron chi connectivity index (χ3n) is 5.01. The predicted molar refractivity (Wildman–Crippen MR) is 106 cm³/mol. The van der Waals surface area contributed by atoms with E-state index in [1.807, 2.05) is 22.7 Å². The molecule has 0 aliphatic carbocycles. The summed E-state index contributed by atoms with van der Waals surface area (Å²) in [6.45, 7) is 8.95. The highest BCUT2D eigenvalue weighted by Gasteiger charge is 2.32. The molecule has 4 rings (SSSR count). The van der Waals surface area contributed by atoms with E-state index in [-0.39, 0.29) is 5.41 Å². The Morgan fingerprint density at radius 3 is 2.68 bits per heavy atom. The van der Waals surface area contributed by atoms with Crippen molar-refractivity contribution in [1.82, 2.24) is 34.7 Å². The molecule has 0 atom stereocenters. The van der Waals surface area contributed by atoms with Gasteiger partial charge >= 0.3 is 6.01 Å². The van der Waals surface area contributed by atoms with Gasteiger partial charge in [-0.05, 0) is 25.2 Å². The third kappa shape index (κ3) is 3.49. The molecule has 148 valence electrons. The molecule has 0 saturated carbocycles. The first-order valence-electron chi connectivity index (χ1n) is 9.39. The van der Waals surface area contributed by atoms with Crippen molar-refractivity contribution >= 4 is 11.5 Å². The van der Waals surface area contributed by atoms with E-state index in [0.717, 1.165) is 42.6 Å². The van der Waals surface area contributed by atoms with E-state index in [4.69, 9.17) is 9.84 Å². The summed E-state index contributed by atoms with van der Waals surface area (Å²) in [5.74, 6) is 1.82. The Morgan fingerprint density at radius 1 is 1.18 bits per heavy atom. The Kier molecular flexibility index (Phi) is 4.62. The van der Waals surface area contributed by atoms with E-state index in [1.165, 1.54) is 0 Å². The molecule has 0 spiro atoms. The zero-order valence-electron chi connectivity index (χ0n) is 17.0. The molecular formula is C19H26N8O. The van der Waals surface area contributed by atoms with Crippen LogP contribution in [-0.4, -0.2) is 68.0 Å². The fraction of sp³-hybridized carbons (Fsp3) is 0.526. The van der Waals surface area contributed by atoms with Crippen LogP contribution in [0.4, 0.5) is 5.82 Å². The number of nitrogens with zero attached hydrogens (tertiary/aromatic N) is 8. The molecule has 3 aromatic heterocycles. The maximum atomic E-state index is 5.10. The molecule has 1 fully saturated rings. The molecule has 4 heterocycles. The van der Waals surface area contributed by atoms with Crippen LogP contribution in [0.1, 0.15) is 32.3 Å². The van der Waals surface area contributed by atoms with Gasteiger partial charge in [0.1, 0.15) is 5.82 Å². The van der Waals surface area contributed by atoms with Crippen molar-refractivity contribution in [2.24, 2.45) is 0 Å². The molecule has 9 heteroatoms. The van der Waals surface area contributed by atoms with E-state index in [1.54, 1.807) is 13.3 Å². The van der Waals surface area contributed by atoms with Crippen LogP contribution in [0, 0.1) is 0 Å². The molecule has 0 amide bonds. The zero-order valence-corrected chi connectivity index (χ0v) is 17.0. The zero-order chi connectivity index (χ0) is 19.9. The SMILES string of the molecule is COc1nccc(CN(C)C2CN(c3ccc4nnc(C(C)(C)C)n4n3)C2)n1. The minimum Gasteiger partial charge on any atom is -0.467 e. The molecule has 0 N–H and O–H groups in total. The Morgan fingerprint density at radius 2 is 1.96 bits per heavy atom. The van der Waals surface area contributed by atoms with Gasteiger partial charge in [-0.25, -0.2) is 4.98 Å². The van der Waals surface area contributed by atoms with Crippen molar-refractivity contribution < 1.29 is 4.74 Å². The molecular weight excluding hydrogens is 356 g/mol. The minimum atomic E-state index is -0.110. The van der Waals surface area contributed by atoms with Crippen LogP contribution in [0.25, 0.3) is 5.65 Å². The summed E-state index contributed by atoms with van der Waals surface area (Å²) in [6.07, 6.45) is 1.73. The standard InChI is InChI=1S/C19H26N8O/c1-19(2,3)17-23-22-15-6-7-16(24-27(15)17)26-11-14(12-26)25(4)10-13-8-9-20-18(21-13)28-5/h6-9,14H,10-12H2,1-5H3. The molecule has 1 aliphatic heterocycles. The highest BCUT2D eigenvalue weighted by atomic mass is 16.5. The quantitative estimate of drug-likeness (QED) is 0.657. The number of ether oxygens (including phenoxy) is 1. The fourth-order valence-electron chi connectivity index (χ4n) is 3.28. The van der Waals surface area contributed by atoms with Crippen molar-refractivity contribution in [3.8, 4) is 6.01 Å². The topological polar surface area (TPSA) is 84.6 Å². The van der Waals surface area contributed by atoms with Gasteiger partial charge in [-0.3, -0.25) is 4.90 Å². The lowest BCUT2D eigenvalue weighted by molar-refractivity contribution is 0.193. The number of rotatable bonds is 5. The van der Waals surface area contributed by atoms with Crippen LogP contribution in [0.15, 0.2) is 24.4 Å². The Labute approximate surface area is 164 Å². The van der Waals surface area contributed by atoms with Crippen molar-refractivity contribution in [3.63, 3.8) is 0 Å². The molecule has 1 aliphatic rings. The van der Waals surface area contributed by atoms with Crippen LogP contribution in [0.3, 0.4) is 0 Å². The van der Waals surface area contributed by atoms with Crippen LogP contribution >= 0.6 is 0 Å². The second-order valence-corrected chi connectivity index (χ2v) is 8.24. The summed E-state index contributed by atoms with van der Waals surface area (Å²) in [5.41, 5.74) is 1.62. The molecule has 3 aromatic rings. The summed E-state index contributed by atoms with van der Waals surface area (Å²) >= 11 is 0. The summed E-state index contributed by atoms with van der Waals surface area (Å²) in [7, 11) is 3.70. The van der Waals surface area contributed by atoms with E-state index < -0.39 is 0 Å². The highest BCUT2D eigenvalue weighted by molar-refractivity contribution is 5.48. The number of hydrogen-bond acceptors (Lipinski definition) is 8. The number of fused-ring (bicyclic) bond motifs is 1. The molecule has 28 heavy (non-hydrogen) atoms. The van der Waals surface area contributed by atoms with Gasteiger partial charge in [-0.1, -0.05) is 20.8 Å². The van der Waals surface area contributed by atoms with Gasteiger partial charge in [0.25, 0.3) is 0 Å². The second-order valence-electron chi connectivity index (χ2n) is 8.24. The van der Waals surface area contributed by atoms with Gasteiger partial charge in [-0.2, -0.15) is 9.50 Å². The third-order valence-corrected chi connectivity index (χ3v) is 5.01.